The molecule has 0 aliphatic carbocycles. The van der Waals surface area contributed by atoms with E-state index in [2.05, 4.69) is 41.7 Å². The largest absolute Gasteiger partial charge is 0.488 e. The minimum atomic E-state index is -3.61. The molecule has 0 spiro atoms. The maximum absolute atomic E-state index is 13.4. The lowest BCUT2D eigenvalue weighted by atomic mass is 9.92. The third kappa shape index (κ3) is 9.97. The fraction of sp³-hybridized carbons (Fsp3) is 0.333. The van der Waals surface area contributed by atoms with Gasteiger partial charge in [0.1, 0.15) is 29.7 Å². The molecule has 0 unspecified atom stereocenters. The molecule has 6 rings (SSSR count). The van der Waals surface area contributed by atoms with Crippen molar-refractivity contribution in [2.24, 2.45) is 0 Å². The van der Waals surface area contributed by atoms with Crippen molar-refractivity contribution in [1.82, 2.24) is 19.7 Å². The Hall–Kier alpha value is -5.31. The Labute approximate surface area is 309 Å². The highest BCUT2D eigenvalue weighted by Gasteiger charge is 2.23. The lowest BCUT2D eigenvalue weighted by Gasteiger charge is -2.26. The van der Waals surface area contributed by atoms with Gasteiger partial charge in [0.05, 0.1) is 36.0 Å². The van der Waals surface area contributed by atoms with Crippen molar-refractivity contribution in [2.75, 3.05) is 60.3 Å². The number of carbonyl (C=O) groups is 2. The van der Waals surface area contributed by atoms with Gasteiger partial charge in [-0.1, -0.05) is 62.7 Å². The van der Waals surface area contributed by atoms with Crippen LogP contribution in [-0.4, -0.2) is 84.4 Å². The van der Waals surface area contributed by atoms with Crippen LogP contribution in [0.1, 0.15) is 37.6 Å². The quantitative estimate of drug-likeness (QED) is 0.141. The number of nitrogens with one attached hydrogen (secondary N) is 3. The van der Waals surface area contributed by atoms with Crippen LogP contribution in [0.2, 0.25) is 0 Å². The summed E-state index contributed by atoms with van der Waals surface area (Å²) in [6.07, 6.45) is 1.53. The van der Waals surface area contributed by atoms with Gasteiger partial charge in [-0.05, 0) is 48.9 Å². The first-order chi connectivity index (χ1) is 25.3. The van der Waals surface area contributed by atoms with Gasteiger partial charge in [-0.25, -0.2) is 22.9 Å². The zero-order valence-electron chi connectivity index (χ0n) is 30.4. The number of benzene rings is 3. The second-order valence-electron chi connectivity index (χ2n) is 14.1. The highest BCUT2D eigenvalue weighted by Crippen LogP contribution is 2.33. The number of fused-ring (bicyclic) bond motifs is 1. The van der Waals surface area contributed by atoms with Gasteiger partial charge in [0.25, 0.3) is 0 Å². The number of rotatable bonds is 12. The van der Waals surface area contributed by atoms with Gasteiger partial charge in [-0.2, -0.15) is 5.10 Å². The molecule has 13 nitrogen and oxygen atoms in total. The van der Waals surface area contributed by atoms with E-state index in [1.54, 1.807) is 28.9 Å². The Morgan fingerprint density at radius 1 is 0.906 bits per heavy atom. The van der Waals surface area contributed by atoms with Gasteiger partial charge in [-0.15, -0.1) is 0 Å². The summed E-state index contributed by atoms with van der Waals surface area (Å²) in [4.78, 5) is 32.3. The van der Waals surface area contributed by atoms with Crippen molar-refractivity contribution in [3.05, 3.63) is 102 Å². The molecule has 278 valence electrons. The highest BCUT2D eigenvalue weighted by atomic mass is 32.2. The molecule has 3 aromatic carbocycles. The third-order valence-corrected chi connectivity index (χ3v) is 10.3. The van der Waals surface area contributed by atoms with E-state index in [4.69, 9.17) is 14.6 Å². The lowest BCUT2D eigenvalue weighted by molar-refractivity contribution is -0.113. The predicted molar refractivity (Wildman–Crippen MR) is 207 cm³/mol. The summed E-state index contributed by atoms with van der Waals surface area (Å²) in [6.45, 7) is 11.3. The molecule has 53 heavy (non-hydrogen) atoms. The van der Waals surface area contributed by atoms with Crippen LogP contribution in [0.25, 0.3) is 16.5 Å². The van der Waals surface area contributed by atoms with Gasteiger partial charge >= 0.3 is 6.03 Å². The van der Waals surface area contributed by atoms with Crippen molar-refractivity contribution >= 4 is 49.9 Å². The summed E-state index contributed by atoms with van der Waals surface area (Å²) < 4.78 is 38.4. The normalized spacial score (nSPS) is 13.8. The molecule has 2 aromatic heterocycles. The number of hydrogen-bond acceptors (Lipinski definition) is 9. The van der Waals surface area contributed by atoms with Crippen molar-refractivity contribution in [2.45, 2.75) is 39.7 Å². The Balaban J connectivity index is 1.09. The van der Waals surface area contributed by atoms with E-state index in [1.165, 1.54) is 6.20 Å². The molecule has 0 bridgehead atoms. The number of hydrogen-bond donors (Lipinski definition) is 3. The molecule has 1 aliphatic heterocycles. The molecule has 1 saturated heterocycles. The van der Waals surface area contributed by atoms with Crippen LogP contribution < -0.4 is 20.7 Å². The summed E-state index contributed by atoms with van der Waals surface area (Å²) >= 11 is 0. The van der Waals surface area contributed by atoms with Gasteiger partial charge in [0.2, 0.25) is 5.91 Å². The van der Waals surface area contributed by atoms with E-state index < -0.39 is 27.5 Å². The first-order valence-electron chi connectivity index (χ1n) is 17.5. The molecule has 14 heteroatoms. The number of aromatic nitrogens is 3. The number of ether oxygens (including phenoxy) is 2. The number of anilines is 3. The van der Waals surface area contributed by atoms with Gasteiger partial charge in [0, 0.05) is 48.1 Å². The lowest BCUT2D eigenvalue weighted by Crippen LogP contribution is -2.40. The molecular weight excluding hydrogens is 695 g/mol. The van der Waals surface area contributed by atoms with Crippen LogP contribution >= 0.6 is 0 Å². The number of sulfone groups is 1. The van der Waals surface area contributed by atoms with Gasteiger partial charge in [-0.3, -0.25) is 15.0 Å². The first-order valence-corrected chi connectivity index (χ1v) is 19.3. The summed E-state index contributed by atoms with van der Waals surface area (Å²) in [5.41, 5.74) is 3.88. The van der Waals surface area contributed by atoms with Crippen molar-refractivity contribution < 1.29 is 27.5 Å². The molecule has 1 fully saturated rings. The van der Waals surface area contributed by atoms with E-state index in [9.17, 15) is 18.0 Å². The van der Waals surface area contributed by atoms with Crippen LogP contribution in [0.15, 0.2) is 85.1 Å². The number of morpholine rings is 1. The molecule has 5 aromatic rings. The van der Waals surface area contributed by atoms with E-state index in [1.807, 2.05) is 66.4 Å². The van der Waals surface area contributed by atoms with Crippen LogP contribution in [0.3, 0.4) is 0 Å². The maximum Gasteiger partial charge on any atom is 0.324 e. The fourth-order valence-corrected chi connectivity index (χ4v) is 6.99. The first kappa shape index (κ1) is 37.4. The Bertz CT molecular complexity index is 2190. The van der Waals surface area contributed by atoms with Crippen LogP contribution in [-0.2, 0) is 31.4 Å². The number of carbonyl (C=O) groups excluding carboxylic acids is 2. The summed E-state index contributed by atoms with van der Waals surface area (Å²) in [6, 6.07) is 24.0. The second kappa shape index (κ2) is 16.1. The number of aryl methyl sites for hydroxylation is 1. The SMILES string of the molecule is Cc1ccc(-n2nc(C(C)(C)C)cc2NC(=O)Nc2ccc(OCc3ccnc(NC(=O)CS(=O)(=O)CCN4CCOCC4)c3)c3ccccc23)cc1. The molecule has 0 saturated carbocycles. The van der Waals surface area contributed by atoms with Crippen LogP contribution in [0, 0.1) is 6.92 Å². The number of pyridine rings is 1. The Kier molecular flexibility index (Phi) is 11.4. The molecule has 3 heterocycles. The summed E-state index contributed by atoms with van der Waals surface area (Å²) in [5, 5.41) is 14.9. The molecule has 0 radical (unpaired) electrons. The van der Waals surface area contributed by atoms with Gasteiger partial charge < -0.3 is 20.1 Å². The minimum Gasteiger partial charge on any atom is -0.488 e. The van der Waals surface area contributed by atoms with E-state index in [0.717, 1.165) is 33.3 Å². The topological polar surface area (TPSA) is 157 Å². The molecule has 3 amide bonds. The standard InChI is InChI=1S/C39H45N7O6S/c1-27-9-11-29(12-10-27)46-36(24-34(44-46)39(2,3)4)43-38(48)41-32-13-14-33(31-8-6-5-7-30(31)32)52-25-28-15-16-40-35(23-28)42-37(47)26-53(49,50)22-19-45-17-20-51-21-18-45/h5-16,23-24H,17-22,25-26H2,1-4H3,(H,40,42,47)(H2,41,43,48). The Morgan fingerprint density at radius 3 is 2.38 bits per heavy atom. The molecular formula is C39H45N7O6S. The predicted octanol–water partition coefficient (Wildman–Crippen LogP) is 5.93. The smallest absolute Gasteiger partial charge is 0.324 e. The molecule has 3 N–H and O–H groups in total. The Morgan fingerprint density at radius 2 is 1.64 bits per heavy atom. The van der Waals surface area contributed by atoms with Crippen molar-refractivity contribution in [3.63, 3.8) is 0 Å². The third-order valence-electron chi connectivity index (χ3n) is 8.79. The minimum absolute atomic E-state index is 0.105. The number of nitrogens with zero attached hydrogens (tertiary/aromatic N) is 4. The zero-order chi connectivity index (χ0) is 37.6. The summed E-state index contributed by atoms with van der Waals surface area (Å²) in [5.74, 6) is -0.0185. The van der Waals surface area contributed by atoms with Gasteiger partial charge in [0.15, 0.2) is 9.84 Å². The highest BCUT2D eigenvalue weighted by molar-refractivity contribution is 7.92. The zero-order valence-corrected chi connectivity index (χ0v) is 31.2. The van der Waals surface area contributed by atoms with Crippen molar-refractivity contribution in [3.8, 4) is 11.4 Å². The van der Waals surface area contributed by atoms with E-state index in [0.29, 0.717) is 50.1 Å². The van der Waals surface area contributed by atoms with Crippen LogP contribution in [0.5, 0.6) is 5.75 Å². The average Bonchev–Trinajstić information content (AvgIpc) is 3.55. The molecule has 0 atom stereocenters. The number of amides is 3. The molecule has 1 aliphatic rings. The fourth-order valence-electron chi connectivity index (χ4n) is 5.83. The van der Waals surface area contributed by atoms with Crippen LogP contribution in [0.4, 0.5) is 22.1 Å². The second-order valence-corrected chi connectivity index (χ2v) is 16.3. The van der Waals surface area contributed by atoms with E-state index in [-0.39, 0.29) is 23.6 Å². The van der Waals surface area contributed by atoms with Crippen molar-refractivity contribution in [1.29, 1.82) is 0 Å². The maximum atomic E-state index is 13.4. The average molecular weight is 740 g/mol. The number of urea groups is 1. The summed E-state index contributed by atoms with van der Waals surface area (Å²) in [7, 11) is -3.61. The van der Waals surface area contributed by atoms with E-state index >= 15 is 0 Å². The monoisotopic (exact) mass is 739 g/mol.